The van der Waals surface area contributed by atoms with Crippen LogP contribution >= 0.6 is 27.5 Å². The van der Waals surface area contributed by atoms with Crippen LogP contribution in [0.5, 0.6) is 0 Å². The van der Waals surface area contributed by atoms with E-state index in [9.17, 15) is 4.79 Å². The van der Waals surface area contributed by atoms with Crippen LogP contribution in [0.1, 0.15) is 22.8 Å². The second-order valence-corrected chi connectivity index (χ2v) is 3.79. The molecule has 5 heteroatoms. The van der Waals surface area contributed by atoms with Gasteiger partial charge >= 0.3 is 5.97 Å². The van der Waals surface area contributed by atoms with Gasteiger partial charge in [0, 0.05) is 0 Å². The standard InChI is InChI=1S/C10H7BrClNO2/c1-2-15-10(14)7-4-3-6(5-13)9(12)8(7)11/h3-4H,2H2,1H3. The second kappa shape index (κ2) is 5.15. The number of nitriles is 1. The highest BCUT2D eigenvalue weighted by atomic mass is 79.9. The van der Waals surface area contributed by atoms with Crippen LogP contribution in [0.15, 0.2) is 16.6 Å². The average Bonchev–Trinajstić information content (AvgIpc) is 2.22. The first-order valence-corrected chi connectivity index (χ1v) is 5.34. The maximum absolute atomic E-state index is 11.4. The third-order valence-electron chi connectivity index (χ3n) is 1.70. The smallest absolute Gasteiger partial charge is 0.339 e. The van der Waals surface area contributed by atoms with E-state index in [0.717, 1.165) is 0 Å². The molecule has 0 aliphatic rings. The lowest BCUT2D eigenvalue weighted by molar-refractivity contribution is 0.0525. The van der Waals surface area contributed by atoms with Crippen LogP contribution < -0.4 is 0 Å². The molecule has 0 bridgehead atoms. The Kier molecular flexibility index (Phi) is 4.13. The van der Waals surface area contributed by atoms with E-state index in [1.54, 1.807) is 6.92 Å². The number of carbonyl (C=O) groups is 1. The van der Waals surface area contributed by atoms with Crippen LogP contribution in [0.25, 0.3) is 0 Å². The summed E-state index contributed by atoms with van der Waals surface area (Å²) in [5.41, 5.74) is 0.637. The third-order valence-corrected chi connectivity index (χ3v) is 3.14. The highest BCUT2D eigenvalue weighted by Crippen LogP contribution is 2.29. The quantitative estimate of drug-likeness (QED) is 0.786. The molecule has 15 heavy (non-hydrogen) atoms. The van der Waals surface area contributed by atoms with Crippen molar-refractivity contribution in [1.82, 2.24) is 0 Å². The molecule has 0 saturated carbocycles. The minimum atomic E-state index is -0.462. The van der Waals surface area contributed by atoms with E-state index in [1.165, 1.54) is 12.1 Å². The molecule has 0 spiro atoms. The van der Waals surface area contributed by atoms with Crippen molar-refractivity contribution >= 4 is 33.5 Å². The highest BCUT2D eigenvalue weighted by molar-refractivity contribution is 9.10. The molecule has 0 aromatic heterocycles. The lowest BCUT2D eigenvalue weighted by Gasteiger charge is -2.06. The summed E-state index contributed by atoms with van der Waals surface area (Å²) in [6.07, 6.45) is 0. The minimum absolute atomic E-state index is 0.225. The van der Waals surface area contributed by atoms with Crippen LogP contribution in [-0.2, 0) is 4.74 Å². The summed E-state index contributed by atoms with van der Waals surface area (Å²) in [4.78, 5) is 11.4. The monoisotopic (exact) mass is 287 g/mol. The van der Waals surface area contributed by atoms with E-state index in [2.05, 4.69) is 15.9 Å². The van der Waals surface area contributed by atoms with Gasteiger partial charge in [-0.1, -0.05) is 11.6 Å². The number of esters is 1. The van der Waals surface area contributed by atoms with Gasteiger partial charge in [-0.2, -0.15) is 5.26 Å². The minimum Gasteiger partial charge on any atom is -0.462 e. The van der Waals surface area contributed by atoms with Gasteiger partial charge in [0.15, 0.2) is 0 Å². The fourth-order valence-corrected chi connectivity index (χ4v) is 1.72. The van der Waals surface area contributed by atoms with Crippen molar-refractivity contribution < 1.29 is 9.53 Å². The number of carbonyl (C=O) groups excluding carboxylic acids is 1. The highest BCUT2D eigenvalue weighted by Gasteiger charge is 2.15. The van der Waals surface area contributed by atoms with Crippen molar-refractivity contribution in [3.05, 3.63) is 32.8 Å². The van der Waals surface area contributed by atoms with E-state index in [0.29, 0.717) is 22.2 Å². The van der Waals surface area contributed by atoms with Crippen molar-refractivity contribution in [3.63, 3.8) is 0 Å². The molecular formula is C10H7BrClNO2. The molecule has 0 heterocycles. The Bertz CT molecular complexity index is 440. The molecule has 78 valence electrons. The molecule has 0 aliphatic carbocycles. The Morgan fingerprint density at radius 2 is 2.33 bits per heavy atom. The molecule has 0 aliphatic heterocycles. The van der Waals surface area contributed by atoms with Crippen LogP contribution in [0, 0.1) is 11.3 Å². The molecule has 0 radical (unpaired) electrons. The van der Waals surface area contributed by atoms with Crippen molar-refractivity contribution in [1.29, 1.82) is 5.26 Å². The van der Waals surface area contributed by atoms with Gasteiger partial charge in [-0.15, -0.1) is 0 Å². The molecule has 0 N–H and O–H groups in total. The predicted molar refractivity (Wildman–Crippen MR) is 59.8 cm³/mol. The number of hydrogen-bond acceptors (Lipinski definition) is 3. The normalized spacial score (nSPS) is 9.47. The zero-order valence-electron chi connectivity index (χ0n) is 7.88. The number of halogens is 2. The zero-order valence-corrected chi connectivity index (χ0v) is 10.2. The summed E-state index contributed by atoms with van der Waals surface area (Å²) in [6, 6.07) is 4.91. The summed E-state index contributed by atoms with van der Waals surface area (Å²) >= 11 is 9.02. The van der Waals surface area contributed by atoms with Gasteiger partial charge in [0.2, 0.25) is 0 Å². The van der Waals surface area contributed by atoms with Crippen molar-refractivity contribution in [3.8, 4) is 6.07 Å². The van der Waals surface area contributed by atoms with E-state index >= 15 is 0 Å². The van der Waals surface area contributed by atoms with Gasteiger partial charge in [0.05, 0.1) is 27.2 Å². The number of hydrogen-bond donors (Lipinski definition) is 0. The first-order chi connectivity index (χ1) is 7.11. The SMILES string of the molecule is CCOC(=O)c1ccc(C#N)c(Cl)c1Br. The maximum atomic E-state index is 11.4. The Balaban J connectivity index is 3.19. The zero-order chi connectivity index (χ0) is 11.4. The molecule has 1 rings (SSSR count). The molecule has 0 atom stereocenters. The summed E-state index contributed by atoms with van der Waals surface area (Å²) in [6.45, 7) is 2.01. The number of benzene rings is 1. The van der Waals surface area contributed by atoms with Crippen molar-refractivity contribution in [2.24, 2.45) is 0 Å². The number of rotatable bonds is 2. The van der Waals surface area contributed by atoms with E-state index < -0.39 is 5.97 Å². The van der Waals surface area contributed by atoms with Gasteiger partial charge < -0.3 is 4.74 Å². The molecular weight excluding hydrogens is 281 g/mol. The summed E-state index contributed by atoms with van der Waals surface area (Å²) in [7, 11) is 0. The fourth-order valence-electron chi connectivity index (χ4n) is 1.00. The van der Waals surface area contributed by atoms with Crippen LogP contribution in [0.2, 0.25) is 5.02 Å². The van der Waals surface area contributed by atoms with Gasteiger partial charge in [-0.3, -0.25) is 0 Å². The lowest BCUT2D eigenvalue weighted by Crippen LogP contribution is -2.06. The van der Waals surface area contributed by atoms with Crippen molar-refractivity contribution in [2.45, 2.75) is 6.92 Å². The summed E-state index contributed by atoms with van der Waals surface area (Å²) in [5, 5.41) is 8.93. The molecule has 1 aromatic carbocycles. The van der Waals surface area contributed by atoms with Crippen LogP contribution in [-0.4, -0.2) is 12.6 Å². The Labute approximate surface area is 101 Å². The molecule has 0 saturated heterocycles. The van der Waals surface area contributed by atoms with Gasteiger partial charge in [0.25, 0.3) is 0 Å². The van der Waals surface area contributed by atoms with E-state index in [1.807, 2.05) is 6.07 Å². The number of nitrogens with zero attached hydrogens (tertiary/aromatic N) is 1. The topological polar surface area (TPSA) is 50.1 Å². The summed E-state index contributed by atoms with van der Waals surface area (Å²) in [5.74, 6) is -0.462. The molecule has 1 aromatic rings. The first kappa shape index (κ1) is 12.0. The third kappa shape index (κ3) is 2.49. The average molecular weight is 289 g/mol. The van der Waals surface area contributed by atoms with Gasteiger partial charge in [0.1, 0.15) is 6.07 Å². The Hall–Kier alpha value is -1.05. The van der Waals surface area contributed by atoms with Gasteiger partial charge in [-0.05, 0) is 35.0 Å². The Morgan fingerprint density at radius 3 is 2.87 bits per heavy atom. The second-order valence-electron chi connectivity index (χ2n) is 2.62. The maximum Gasteiger partial charge on any atom is 0.339 e. The molecule has 0 fully saturated rings. The Morgan fingerprint density at radius 1 is 1.67 bits per heavy atom. The van der Waals surface area contributed by atoms with Crippen molar-refractivity contribution in [2.75, 3.05) is 6.61 Å². The fraction of sp³-hybridized carbons (Fsp3) is 0.200. The van der Waals surface area contributed by atoms with Crippen LogP contribution in [0.3, 0.4) is 0 Å². The molecule has 0 amide bonds. The first-order valence-electron chi connectivity index (χ1n) is 4.17. The molecule has 0 unspecified atom stereocenters. The summed E-state index contributed by atoms with van der Waals surface area (Å²) < 4.78 is 5.22. The van der Waals surface area contributed by atoms with Crippen LogP contribution in [0.4, 0.5) is 0 Å². The molecule has 3 nitrogen and oxygen atoms in total. The largest absolute Gasteiger partial charge is 0.462 e. The number of ether oxygens (including phenoxy) is 1. The van der Waals surface area contributed by atoms with E-state index in [4.69, 9.17) is 21.6 Å². The van der Waals surface area contributed by atoms with E-state index in [-0.39, 0.29) is 5.02 Å². The lowest BCUT2D eigenvalue weighted by atomic mass is 10.1. The predicted octanol–water partition coefficient (Wildman–Crippen LogP) is 3.15. The van der Waals surface area contributed by atoms with Gasteiger partial charge in [-0.25, -0.2) is 4.79 Å².